The molecule has 2 fully saturated rings. The molecule has 186 valence electrons. The van der Waals surface area contributed by atoms with E-state index in [1.165, 1.54) is 29.2 Å². The van der Waals surface area contributed by atoms with Crippen molar-refractivity contribution in [2.45, 2.75) is 12.5 Å². The van der Waals surface area contributed by atoms with E-state index < -0.39 is 29.8 Å². The van der Waals surface area contributed by atoms with E-state index in [0.29, 0.717) is 23.2 Å². The van der Waals surface area contributed by atoms with Crippen LogP contribution in [0.3, 0.4) is 0 Å². The highest BCUT2D eigenvalue weighted by atomic mass is 35.5. The van der Waals surface area contributed by atoms with Crippen LogP contribution < -0.4 is 15.5 Å². The zero-order chi connectivity index (χ0) is 25.1. The lowest BCUT2D eigenvalue weighted by atomic mass is 10.2. The molecule has 1 atom stereocenters. The number of carbonyl (C=O) groups excluding carboxylic acids is 4. The van der Waals surface area contributed by atoms with Crippen LogP contribution in [-0.4, -0.2) is 74.2 Å². The Balaban J connectivity index is 1.49. The van der Waals surface area contributed by atoms with Gasteiger partial charge in [0.05, 0.1) is 34.6 Å². The molecule has 35 heavy (non-hydrogen) atoms. The molecule has 0 spiro atoms. The smallest absolute Gasteiger partial charge is 0.414 e. The van der Waals surface area contributed by atoms with Gasteiger partial charge in [0.1, 0.15) is 18.5 Å². The van der Waals surface area contributed by atoms with Gasteiger partial charge in [0.25, 0.3) is 11.8 Å². The first-order valence-electron chi connectivity index (χ1n) is 10.7. The maximum atomic E-state index is 15.0. The summed E-state index contributed by atoms with van der Waals surface area (Å²) in [5.41, 5.74) is 5.79. The van der Waals surface area contributed by atoms with Crippen molar-refractivity contribution in [3.05, 3.63) is 45.4 Å². The second kappa shape index (κ2) is 10.7. The summed E-state index contributed by atoms with van der Waals surface area (Å²) in [6.07, 6.45) is -1.78. The van der Waals surface area contributed by atoms with E-state index in [0.717, 1.165) is 21.1 Å². The van der Waals surface area contributed by atoms with Crippen LogP contribution in [0.25, 0.3) is 0 Å². The number of halogens is 2. The highest BCUT2D eigenvalue weighted by Crippen LogP contribution is 2.30. The quantitative estimate of drug-likeness (QED) is 0.589. The Morgan fingerprint density at radius 3 is 2.69 bits per heavy atom. The first kappa shape index (κ1) is 25.0. The van der Waals surface area contributed by atoms with Gasteiger partial charge in [-0.3, -0.25) is 24.2 Å². The maximum Gasteiger partial charge on any atom is 0.414 e. The molecule has 3 heterocycles. The van der Waals surface area contributed by atoms with E-state index in [-0.39, 0.29) is 49.1 Å². The van der Waals surface area contributed by atoms with Gasteiger partial charge in [0.15, 0.2) is 0 Å². The number of hydrogen-bond acceptors (Lipinski definition) is 8. The molecule has 2 N–H and O–H groups in total. The molecule has 2 saturated heterocycles. The van der Waals surface area contributed by atoms with Gasteiger partial charge in [0.2, 0.25) is 5.91 Å². The zero-order valence-corrected chi connectivity index (χ0v) is 20.0. The maximum absolute atomic E-state index is 15.0. The normalized spacial score (nSPS) is 18.1. The topological polar surface area (TPSA) is 122 Å². The fourth-order valence-electron chi connectivity index (χ4n) is 3.81. The van der Waals surface area contributed by atoms with Crippen LogP contribution in [0.1, 0.15) is 16.1 Å². The first-order chi connectivity index (χ1) is 16.8. The summed E-state index contributed by atoms with van der Waals surface area (Å²) < 4.78 is 25.8. The second-order valence-corrected chi connectivity index (χ2v) is 9.52. The molecule has 10 nitrogen and oxygen atoms in total. The third-order valence-electron chi connectivity index (χ3n) is 5.47. The number of amides is 4. The minimum atomic E-state index is -0.886. The summed E-state index contributed by atoms with van der Waals surface area (Å²) in [5, 5.41) is 0. The second-order valence-electron chi connectivity index (χ2n) is 7.80. The Bertz CT molecular complexity index is 1160. The Labute approximate surface area is 208 Å². The molecule has 0 saturated carbocycles. The number of benzene rings is 1. The number of thiophene rings is 1. The Hall–Kier alpha value is -3.06. The molecule has 1 aromatic heterocycles. The molecular weight excluding hydrogens is 503 g/mol. The third-order valence-corrected chi connectivity index (χ3v) is 6.69. The standard InChI is InChI=1S/C22H22ClFN4O6S/c23-18-4-3-17(35-18)21(31)28(19(29)5-6-25)11-14-10-27(22(32)34-14)16-2-1-13(9-15(16)24)26-7-8-33-12-20(26)30/h1-4,9,14H,5-8,10-12,25H2/t14-/m1/s1. The largest absolute Gasteiger partial charge is 0.442 e. The van der Waals surface area contributed by atoms with Gasteiger partial charge in [-0.25, -0.2) is 9.18 Å². The number of carbonyl (C=O) groups is 4. The highest BCUT2D eigenvalue weighted by molar-refractivity contribution is 7.18. The predicted octanol–water partition coefficient (Wildman–Crippen LogP) is 2.25. The number of nitrogens with two attached hydrogens (primary N) is 1. The molecule has 0 aliphatic carbocycles. The average molecular weight is 525 g/mol. The predicted molar refractivity (Wildman–Crippen MR) is 126 cm³/mol. The molecule has 0 radical (unpaired) electrons. The van der Waals surface area contributed by atoms with Crippen LogP contribution in [0.4, 0.5) is 20.6 Å². The monoisotopic (exact) mass is 524 g/mol. The number of anilines is 2. The number of imide groups is 1. The Morgan fingerprint density at radius 1 is 1.23 bits per heavy atom. The van der Waals surface area contributed by atoms with Crippen molar-refractivity contribution in [2.24, 2.45) is 5.73 Å². The Morgan fingerprint density at radius 2 is 2.03 bits per heavy atom. The lowest BCUT2D eigenvalue weighted by Gasteiger charge is -2.27. The molecule has 4 amide bonds. The molecule has 2 aromatic rings. The number of nitrogens with zero attached hydrogens (tertiary/aromatic N) is 3. The van der Waals surface area contributed by atoms with Crippen LogP contribution >= 0.6 is 22.9 Å². The number of ether oxygens (including phenoxy) is 2. The molecule has 2 aliphatic heterocycles. The third kappa shape index (κ3) is 5.45. The lowest BCUT2D eigenvalue weighted by molar-refractivity contribution is -0.129. The van der Waals surface area contributed by atoms with E-state index in [9.17, 15) is 23.6 Å². The molecule has 4 rings (SSSR count). The Kier molecular flexibility index (Phi) is 7.65. The highest BCUT2D eigenvalue weighted by Gasteiger charge is 2.37. The minimum absolute atomic E-state index is 0.0353. The van der Waals surface area contributed by atoms with Gasteiger partial charge in [-0.05, 0) is 30.3 Å². The van der Waals surface area contributed by atoms with E-state index in [1.807, 2.05) is 0 Å². The fourth-order valence-corrected chi connectivity index (χ4v) is 4.80. The molecular formula is C22H22ClFN4O6S. The average Bonchev–Trinajstić information content (AvgIpc) is 3.42. The van der Waals surface area contributed by atoms with Gasteiger partial charge in [-0.1, -0.05) is 11.6 Å². The summed E-state index contributed by atoms with van der Waals surface area (Å²) >= 11 is 6.93. The van der Waals surface area contributed by atoms with Crippen LogP contribution in [0.2, 0.25) is 4.34 Å². The van der Waals surface area contributed by atoms with Crippen LogP contribution in [0.15, 0.2) is 30.3 Å². The number of cyclic esters (lactones) is 1. The van der Waals surface area contributed by atoms with E-state index >= 15 is 0 Å². The van der Waals surface area contributed by atoms with Crippen molar-refractivity contribution in [3.8, 4) is 0 Å². The van der Waals surface area contributed by atoms with Crippen LogP contribution in [-0.2, 0) is 19.1 Å². The zero-order valence-electron chi connectivity index (χ0n) is 18.4. The van der Waals surface area contributed by atoms with E-state index in [1.54, 1.807) is 6.07 Å². The van der Waals surface area contributed by atoms with E-state index in [2.05, 4.69) is 0 Å². The summed E-state index contributed by atoms with van der Waals surface area (Å²) in [4.78, 5) is 53.8. The fraction of sp³-hybridized carbons (Fsp3) is 0.364. The summed E-state index contributed by atoms with van der Waals surface area (Å²) in [5.74, 6) is -2.12. The van der Waals surface area contributed by atoms with Crippen molar-refractivity contribution in [1.29, 1.82) is 0 Å². The van der Waals surface area contributed by atoms with Gasteiger partial charge in [-0.2, -0.15) is 0 Å². The van der Waals surface area contributed by atoms with Crippen LogP contribution in [0, 0.1) is 5.82 Å². The first-order valence-corrected chi connectivity index (χ1v) is 11.9. The van der Waals surface area contributed by atoms with Gasteiger partial charge in [0, 0.05) is 25.2 Å². The summed E-state index contributed by atoms with van der Waals surface area (Å²) in [6.45, 7) is 0.271. The SMILES string of the molecule is NCCC(=O)N(C[C@H]1CN(c2ccc(N3CCOCC3=O)cc2F)C(=O)O1)C(=O)c1ccc(Cl)s1. The van der Waals surface area contributed by atoms with Crippen LogP contribution in [0.5, 0.6) is 0 Å². The molecule has 0 bridgehead atoms. The number of morpholine rings is 1. The number of hydrogen-bond donors (Lipinski definition) is 1. The molecule has 1 aromatic carbocycles. The van der Waals surface area contributed by atoms with Gasteiger partial charge >= 0.3 is 6.09 Å². The van der Waals surface area contributed by atoms with Crippen molar-refractivity contribution in [2.75, 3.05) is 49.2 Å². The van der Waals surface area contributed by atoms with E-state index in [4.69, 9.17) is 26.8 Å². The van der Waals surface area contributed by atoms with Crippen molar-refractivity contribution >= 4 is 58.1 Å². The molecule has 13 heteroatoms. The summed E-state index contributed by atoms with van der Waals surface area (Å²) in [6, 6.07) is 7.12. The van der Waals surface area contributed by atoms with Crippen molar-refractivity contribution < 1.29 is 33.0 Å². The van der Waals surface area contributed by atoms with Gasteiger partial charge < -0.3 is 20.1 Å². The molecule has 0 unspecified atom stereocenters. The van der Waals surface area contributed by atoms with Crippen molar-refractivity contribution in [1.82, 2.24) is 4.90 Å². The lowest BCUT2D eigenvalue weighted by Crippen LogP contribution is -2.43. The summed E-state index contributed by atoms with van der Waals surface area (Å²) in [7, 11) is 0. The number of rotatable bonds is 7. The van der Waals surface area contributed by atoms with Crippen molar-refractivity contribution in [3.63, 3.8) is 0 Å². The molecule has 2 aliphatic rings. The van der Waals surface area contributed by atoms with Gasteiger partial charge in [-0.15, -0.1) is 11.3 Å². The minimum Gasteiger partial charge on any atom is -0.442 e.